The molecule has 35 heavy (non-hydrogen) atoms. The van der Waals surface area contributed by atoms with Gasteiger partial charge in [0.25, 0.3) is 10.1 Å². The highest BCUT2D eigenvalue weighted by molar-refractivity contribution is 7.90. The molecular weight excluding hydrogens is 470 g/mol. The normalized spacial score (nSPS) is 22.7. The predicted molar refractivity (Wildman–Crippen MR) is 131 cm³/mol. The van der Waals surface area contributed by atoms with Crippen molar-refractivity contribution in [2.75, 3.05) is 19.6 Å². The molecule has 4 heterocycles. The van der Waals surface area contributed by atoms with E-state index in [0.29, 0.717) is 49.7 Å². The number of likely N-dealkylation sites (tertiary alicyclic amines) is 1. The van der Waals surface area contributed by atoms with Crippen molar-refractivity contribution < 1.29 is 27.3 Å². The molecule has 2 N–H and O–H groups in total. The van der Waals surface area contributed by atoms with Crippen LogP contribution in [0.5, 0.6) is 0 Å². The van der Waals surface area contributed by atoms with E-state index in [1.165, 1.54) is 12.2 Å². The number of ether oxygens (including phenoxy) is 1. The molecule has 4 rings (SSSR count). The lowest BCUT2D eigenvalue weighted by molar-refractivity contribution is -0.115. The fourth-order valence-electron chi connectivity index (χ4n) is 4.83. The molecule has 0 aliphatic carbocycles. The van der Waals surface area contributed by atoms with Crippen LogP contribution in [0.25, 0.3) is 0 Å². The standard InChI is InChI=1S/C25H33N3O6S/c1-25(2,3)34-24(30)27-13-11-17(12-14-27)7-9-20(29)10-8-18-15-19-16-26-22-6-4-5-21(28(19)22)23(18)35(31,32)33/h4-6,8,10,15,17,19,26H,7,9,11-14,16H2,1-3H3,(H,31,32,33)/b10-8+. The molecule has 0 aromatic rings. The molecule has 2 fully saturated rings. The van der Waals surface area contributed by atoms with Crippen LogP contribution in [0.2, 0.25) is 0 Å². The molecule has 1 amide bonds. The number of ketones is 1. The fourth-order valence-corrected chi connectivity index (χ4v) is 5.69. The monoisotopic (exact) mass is 503 g/mol. The van der Waals surface area contributed by atoms with Crippen molar-refractivity contribution in [2.24, 2.45) is 5.92 Å². The molecule has 0 radical (unpaired) electrons. The van der Waals surface area contributed by atoms with Gasteiger partial charge in [-0.15, -0.1) is 0 Å². The van der Waals surface area contributed by atoms with Gasteiger partial charge in [-0.3, -0.25) is 9.35 Å². The lowest BCUT2D eigenvalue weighted by Gasteiger charge is -2.33. The first-order chi connectivity index (χ1) is 16.4. The molecule has 0 spiro atoms. The van der Waals surface area contributed by atoms with E-state index in [0.717, 1.165) is 18.7 Å². The second-order valence-corrected chi connectivity index (χ2v) is 11.6. The number of nitrogens with zero attached hydrogens (tertiary/aromatic N) is 2. The molecule has 0 bridgehead atoms. The van der Waals surface area contributed by atoms with Crippen LogP contribution in [0.15, 0.2) is 58.5 Å². The van der Waals surface area contributed by atoms with Crippen molar-refractivity contribution in [1.82, 2.24) is 15.1 Å². The van der Waals surface area contributed by atoms with Gasteiger partial charge in [-0.25, -0.2) is 4.79 Å². The molecule has 10 heteroatoms. The zero-order chi connectivity index (χ0) is 25.4. The summed E-state index contributed by atoms with van der Waals surface area (Å²) in [7, 11) is -4.51. The second kappa shape index (κ2) is 9.66. The maximum Gasteiger partial charge on any atom is 0.410 e. The van der Waals surface area contributed by atoms with Gasteiger partial charge in [-0.05, 0) is 69.8 Å². The topological polar surface area (TPSA) is 116 Å². The minimum atomic E-state index is -4.51. The molecule has 1 unspecified atom stereocenters. The van der Waals surface area contributed by atoms with Crippen molar-refractivity contribution >= 4 is 22.0 Å². The maximum absolute atomic E-state index is 12.6. The summed E-state index contributed by atoms with van der Waals surface area (Å²) < 4.78 is 39.8. The summed E-state index contributed by atoms with van der Waals surface area (Å²) in [6, 6.07) is -0.100. The Hall–Kier alpha value is -2.85. The molecule has 0 aromatic heterocycles. The third kappa shape index (κ3) is 5.87. The SMILES string of the molecule is CC(C)(C)OC(=O)N1CCC(CCC(=O)/C=C/C2=CC3CNC4=CC=CC(=C2S(=O)(=O)O)N43)CC1. The van der Waals surface area contributed by atoms with E-state index >= 15 is 0 Å². The maximum atomic E-state index is 12.6. The highest BCUT2D eigenvalue weighted by atomic mass is 32.2. The van der Waals surface area contributed by atoms with Gasteiger partial charge in [0.2, 0.25) is 0 Å². The molecule has 4 aliphatic heterocycles. The average molecular weight is 504 g/mol. The summed E-state index contributed by atoms with van der Waals surface area (Å²) in [5.41, 5.74) is 0.188. The van der Waals surface area contributed by atoms with Gasteiger partial charge in [0.05, 0.1) is 11.7 Å². The Balaban J connectivity index is 1.34. The summed E-state index contributed by atoms with van der Waals surface area (Å²) in [4.78, 5) is 28.2. The van der Waals surface area contributed by atoms with Crippen LogP contribution in [-0.2, 0) is 19.6 Å². The highest BCUT2D eigenvalue weighted by Gasteiger charge is 2.38. The Labute approximate surface area is 206 Å². The van der Waals surface area contributed by atoms with Crippen molar-refractivity contribution in [3.05, 3.63) is 58.5 Å². The quantitative estimate of drug-likeness (QED) is 0.419. The lowest BCUT2D eigenvalue weighted by atomic mass is 9.91. The van der Waals surface area contributed by atoms with Crippen LogP contribution >= 0.6 is 0 Å². The van der Waals surface area contributed by atoms with E-state index in [9.17, 15) is 22.6 Å². The molecule has 1 atom stereocenters. The summed E-state index contributed by atoms with van der Waals surface area (Å²) in [6.07, 6.45) is 12.2. The fraction of sp³-hybridized carbons (Fsp3) is 0.520. The molecule has 0 aromatic carbocycles. The van der Waals surface area contributed by atoms with E-state index in [-0.39, 0.29) is 22.8 Å². The summed E-state index contributed by atoms with van der Waals surface area (Å²) in [6.45, 7) is 7.35. The number of hydrogen-bond acceptors (Lipinski definition) is 7. The number of amides is 1. The van der Waals surface area contributed by atoms with Gasteiger partial charge in [0.1, 0.15) is 16.3 Å². The summed E-state index contributed by atoms with van der Waals surface area (Å²) in [5, 5.41) is 3.22. The number of carbonyl (C=O) groups excluding carboxylic acids is 2. The van der Waals surface area contributed by atoms with E-state index in [2.05, 4.69) is 5.32 Å². The predicted octanol–water partition coefficient (Wildman–Crippen LogP) is 3.26. The average Bonchev–Trinajstić information content (AvgIpc) is 3.19. The van der Waals surface area contributed by atoms with E-state index in [1.54, 1.807) is 23.1 Å². The number of piperidine rings is 1. The smallest absolute Gasteiger partial charge is 0.410 e. The number of rotatable bonds is 6. The first-order valence-electron chi connectivity index (χ1n) is 12.0. The van der Waals surface area contributed by atoms with E-state index in [1.807, 2.05) is 31.7 Å². The highest BCUT2D eigenvalue weighted by Crippen LogP contribution is 2.37. The Morgan fingerprint density at radius 3 is 2.63 bits per heavy atom. The Morgan fingerprint density at radius 2 is 1.97 bits per heavy atom. The molecule has 9 nitrogen and oxygen atoms in total. The first-order valence-corrected chi connectivity index (χ1v) is 13.4. The Bertz CT molecular complexity index is 1150. The zero-order valence-corrected chi connectivity index (χ0v) is 21.2. The third-order valence-electron chi connectivity index (χ3n) is 6.49. The zero-order valence-electron chi connectivity index (χ0n) is 20.4. The molecule has 2 saturated heterocycles. The number of hydrogen-bond donors (Lipinski definition) is 2. The van der Waals surface area contributed by atoms with Crippen molar-refractivity contribution in [3.8, 4) is 0 Å². The van der Waals surface area contributed by atoms with Crippen molar-refractivity contribution in [2.45, 2.75) is 58.1 Å². The Morgan fingerprint density at radius 1 is 1.26 bits per heavy atom. The van der Waals surface area contributed by atoms with Crippen LogP contribution in [-0.4, -0.2) is 65.9 Å². The van der Waals surface area contributed by atoms with Gasteiger partial charge < -0.3 is 19.9 Å². The third-order valence-corrected chi connectivity index (χ3v) is 7.45. The van der Waals surface area contributed by atoms with E-state index in [4.69, 9.17) is 4.74 Å². The van der Waals surface area contributed by atoms with Gasteiger partial charge in [0, 0.05) is 26.1 Å². The number of nitrogens with one attached hydrogen (secondary N) is 1. The summed E-state index contributed by atoms with van der Waals surface area (Å²) >= 11 is 0. The molecule has 190 valence electrons. The van der Waals surface area contributed by atoms with Crippen LogP contribution in [0.4, 0.5) is 4.79 Å². The Kier molecular flexibility index (Phi) is 6.97. The van der Waals surface area contributed by atoms with Crippen LogP contribution in [0.1, 0.15) is 46.5 Å². The van der Waals surface area contributed by atoms with Crippen molar-refractivity contribution in [3.63, 3.8) is 0 Å². The number of allylic oxidation sites excluding steroid dienone is 6. The van der Waals surface area contributed by atoms with Gasteiger partial charge in [-0.2, -0.15) is 8.42 Å². The van der Waals surface area contributed by atoms with E-state index < -0.39 is 15.7 Å². The van der Waals surface area contributed by atoms with Gasteiger partial charge >= 0.3 is 6.09 Å². The van der Waals surface area contributed by atoms with Crippen LogP contribution in [0.3, 0.4) is 0 Å². The largest absolute Gasteiger partial charge is 0.444 e. The second-order valence-electron chi connectivity index (χ2n) is 10.3. The van der Waals surface area contributed by atoms with Gasteiger partial charge in [-0.1, -0.05) is 18.2 Å². The minimum Gasteiger partial charge on any atom is -0.444 e. The van der Waals surface area contributed by atoms with Gasteiger partial charge in [0.15, 0.2) is 5.78 Å². The minimum absolute atomic E-state index is 0.100. The van der Waals surface area contributed by atoms with Crippen LogP contribution in [0, 0.1) is 5.92 Å². The molecular formula is C25H33N3O6S. The number of carbonyl (C=O) groups is 2. The van der Waals surface area contributed by atoms with Crippen molar-refractivity contribution in [1.29, 1.82) is 0 Å². The van der Waals surface area contributed by atoms with Crippen LogP contribution < -0.4 is 5.32 Å². The summed E-state index contributed by atoms with van der Waals surface area (Å²) in [5.74, 6) is 1.01. The lowest BCUT2D eigenvalue weighted by Crippen LogP contribution is -2.41. The molecule has 0 saturated carbocycles. The molecule has 4 aliphatic rings. The first kappa shape index (κ1) is 25.2.